The maximum Gasteiger partial charge on any atom is 0.434 e. The third kappa shape index (κ3) is 3.28. The summed E-state index contributed by atoms with van der Waals surface area (Å²) in [6.07, 6.45) is -4.84. The van der Waals surface area contributed by atoms with Gasteiger partial charge in [0.05, 0.1) is 23.3 Å². The summed E-state index contributed by atoms with van der Waals surface area (Å²) in [4.78, 5) is 20.2. The number of hydrogen-bond donors (Lipinski definition) is 0. The third-order valence-electron chi connectivity index (χ3n) is 4.33. The van der Waals surface area contributed by atoms with E-state index in [0.717, 1.165) is 11.6 Å². The van der Waals surface area contributed by atoms with Crippen molar-refractivity contribution in [3.63, 3.8) is 0 Å². The Morgan fingerprint density at radius 3 is 2.52 bits per heavy atom. The maximum atomic E-state index is 13.5. The molecule has 3 aromatic heterocycles. The first-order chi connectivity index (χ1) is 13.8. The summed E-state index contributed by atoms with van der Waals surface area (Å²) in [5.41, 5.74) is 0.285. The van der Waals surface area contributed by atoms with Gasteiger partial charge in [0.25, 0.3) is 0 Å². The number of esters is 1. The molecule has 0 spiro atoms. The van der Waals surface area contributed by atoms with Crippen LogP contribution in [0.25, 0.3) is 27.9 Å². The van der Waals surface area contributed by atoms with Crippen molar-refractivity contribution in [3.8, 4) is 11.3 Å². The Kier molecular flexibility index (Phi) is 4.45. The summed E-state index contributed by atoms with van der Waals surface area (Å²) in [6.45, 7) is 3.23. The first kappa shape index (κ1) is 18.9. The molecule has 29 heavy (non-hydrogen) atoms. The zero-order valence-electron chi connectivity index (χ0n) is 15.5. The lowest BCUT2D eigenvalue weighted by Crippen LogP contribution is -2.17. The SMILES string of the molecule is CCOC(=O)c1cc2c(nc1C(F)(F)F)nn1c(-c3ccccc3)cc(C)nc21. The number of carbonyl (C=O) groups excluding carboxylic acids is 1. The first-order valence-corrected chi connectivity index (χ1v) is 8.80. The number of alkyl halides is 3. The molecule has 0 saturated carbocycles. The summed E-state index contributed by atoms with van der Waals surface area (Å²) in [5.74, 6) is -1.09. The van der Waals surface area contributed by atoms with Gasteiger partial charge in [-0.25, -0.2) is 19.3 Å². The van der Waals surface area contributed by atoms with Gasteiger partial charge in [-0.05, 0) is 26.0 Å². The summed E-state index contributed by atoms with van der Waals surface area (Å²) in [5, 5.41) is 4.48. The van der Waals surface area contributed by atoms with Gasteiger partial charge in [-0.3, -0.25) is 0 Å². The third-order valence-corrected chi connectivity index (χ3v) is 4.33. The van der Waals surface area contributed by atoms with Crippen molar-refractivity contribution in [2.24, 2.45) is 0 Å². The number of nitrogens with zero attached hydrogens (tertiary/aromatic N) is 4. The number of benzene rings is 1. The van der Waals surface area contributed by atoms with E-state index in [1.165, 1.54) is 11.4 Å². The number of aromatic nitrogens is 4. The lowest BCUT2D eigenvalue weighted by molar-refractivity contribution is -0.141. The average molecular weight is 400 g/mol. The van der Waals surface area contributed by atoms with Gasteiger partial charge in [0.1, 0.15) is 0 Å². The number of ether oxygens (including phenoxy) is 1. The van der Waals surface area contributed by atoms with Crippen LogP contribution >= 0.6 is 0 Å². The highest BCUT2D eigenvalue weighted by molar-refractivity contribution is 5.99. The van der Waals surface area contributed by atoms with E-state index in [-0.39, 0.29) is 17.6 Å². The minimum atomic E-state index is -4.84. The van der Waals surface area contributed by atoms with Crippen LogP contribution in [0.2, 0.25) is 0 Å². The Balaban J connectivity index is 2.07. The molecule has 0 aliphatic carbocycles. The van der Waals surface area contributed by atoms with Crippen molar-refractivity contribution >= 4 is 22.6 Å². The molecule has 4 aromatic rings. The van der Waals surface area contributed by atoms with Gasteiger partial charge in [-0.15, -0.1) is 5.10 Å². The van der Waals surface area contributed by atoms with Gasteiger partial charge in [-0.2, -0.15) is 13.2 Å². The molecule has 0 N–H and O–H groups in total. The number of hydrogen-bond acceptors (Lipinski definition) is 5. The molecule has 0 aliphatic heterocycles. The number of aryl methyl sites for hydroxylation is 1. The molecule has 6 nitrogen and oxygen atoms in total. The summed E-state index contributed by atoms with van der Waals surface area (Å²) < 4.78 is 46.8. The van der Waals surface area contributed by atoms with Crippen LogP contribution in [0.3, 0.4) is 0 Å². The van der Waals surface area contributed by atoms with Gasteiger partial charge < -0.3 is 4.74 Å². The standard InChI is InChI=1S/C20H15F3N4O2/c1-3-29-19(28)13-10-14-17(25-16(13)20(21,22)23)26-27-15(9-11(2)24-18(14)27)12-7-5-4-6-8-12/h4-10H,3H2,1-2H3. The zero-order chi connectivity index (χ0) is 20.8. The molecule has 1 aromatic carbocycles. The van der Waals surface area contributed by atoms with Gasteiger partial charge in [-0.1, -0.05) is 30.3 Å². The molecular formula is C20H15F3N4O2. The van der Waals surface area contributed by atoms with E-state index >= 15 is 0 Å². The van der Waals surface area contributed by atoms with E-state index in [4.69, 9.17) is 4.74 Å². The van der Waals surface area contributed by atoms with E-state index in [1.54, 1.807) is 13.0 Å². The van der Waals surface area contributed by atoms with Crippen molar-refractivity contribution in [1.82, 2.24) is 19.6 Å². The van der Waals surface area contributed by atoms with E-state index in [2.05, 4.69) is 15.1 Å². The lowest BCUT2D eigenvalue weighted by atomic mass is 10.1. The second kappa shape index (κ2) is 6.84. The van der Waals surface area contributed by atoms with Crippen LogP contribution in [0, 0.1) is 6.92 Å². The van der Waals surface area contributed by atoms with Crippen molar-refractivity contribution in [2.75, 3.05) is 6.61 Å². The fraction of sp³-hybridized carbons (Fsp3) is 0.200. The fourth-order valence-corrected chi connectivity index (χ4v) is 3.13. The Bertz CT molecular complexity index is 1230. The largest absolute Gasteiger partial charge is 0.462 e. The first-order valence-electron chi connectivity index (χ1n) is 8.80. The van der Waals surface area contributed by atoms with Gasteiger partial charge >= 0.3 is 12.1 Å². The zero-order valence-corrected chi connectivity index (χ0v) is 15.5. The van der Waals surface area contributed by atoms with Crippen LogP contribution in [0.4, 0.5) is 13.2 Å². The molecule has 3 heterocycles. The number of rotatable bonds is 3. The fourth-order valence-electron chi connectivity index (χ4n) is 3.13. The molecule has 0 fully saturated rings. The van der Waals surface area contributed by atoms with E-state index in [0.29, 0.717) is 17.0 Å². The van der Waals surface area contributed by atoms with E-state index < -0.39 is 23.4 Å². The maximum absolute atomic E-state index is 13.5. The smallest absolute Gasteiger partial charge is 0.434 e. The number of carbonyl (C=O) groups is 1. The Labute approximate surface area is 163 Å². The summed E-state index contributed by atoms with van der Waals surface area (Å²) >= 11 is 0. The number of halogens is 3. The highest BCUT2D eigenvalue weighted by Gasteiger charge is 2.39. The second-order valence-electron chi connectivity index (χ2n) is 6.36. The molecule has 0 radical (unpaired) electrons. The van der Waals surface area contributed by atoms with Crippen LogP contribution in [-0.4, -0.2) is 32.2 Å². The molecule has 0 atom stereocenters. The van der Waals surface area contributed by atoms with Crippen LogP contribution in [-0.2, 0) is 10.9 Å². The number of fused-ring (bicyclic) bond motifs is 3. The van der Waals surface area contributed by atoms with E-state index in [1.807, 2.05) is 30.3 Å². The normalized spacial score (nSPS) is 11.9. The topological polar surface area (TPSA) is 69.4 Å². The van der Waals surface area contributed by atoms with Gasteiger partial charge in [0.2, 0.25) is 0 Å². The quantitative estimate of drug-likeness (QED) is 0.475. The predicted molar refractivity (Wildman–Crippen MR) is 99.4 cm³/mol. The monoisotopic (exact) mass is 400 g/mol. The minimum absolute atomic E-state index is 0.0571. The van der Waals surface area contributed by atoms with Crippen molar-refractivity contribution < 1.29 is 22.7 Å². The molecule has 9 heteroatoms. The van der Waals surface area contributed by atoms with Crippen molar-refractivity contribution in [1.29, 1.82) is 0 Å². The molecule has 4 rings (SSSR count). The van der Waals surface area contributed by atoms with Crippen LogP contribution < -0.4 is 0 Å². The summed E-state index contributed by atoms with van der Waals surface area (Å²) in [6, 6.07) is 12.2. The Morgan fingerprint density at radius 2 is 1.86 bits per heavy atom. The highest BCUT2D eigenvalue weighted by Crippen LogP contribution is 2.34. The van der Waals surface area contributed by atoms with Crippen LogP contribution in [0.1, 0.15) is 28.7 Å². The van der Waals surface area contributed by atoms with Crippen LogP contribution in [0.5, 0.6) is 0 Å². The Hall–Kier alpha value is -3.49. The molecule has 0 aliphatic rings. The lowest BCUT2D eigenvalue weighted by Gasteiger charge is -2.10. The molecule has 0 saturated heterocycles. The Morgan fingerprint density at radius 1 is 1.14 bits per heavy atom. The highest BCUT2D eigenvalue weighted by atomic mass is 19.4. The van der Waals surface area contributed by atoms with Gasteiger partial charge in [0, 0.05) is 11.3 Å². The molecule has 0 unspecified atom stereocenters. The average Bonchev–Trinajstić information content (AvgIpc) is 3.04. The molecule has 0 amide bonds. The number of pyridine rings is 1. The van der Waals surface area contributed by atoms with Crippen molar-refractivity contribution in [2.45, 2.75) is 20.0 Å². The van der Waals surface area contributed by atoms with Crippen molar-refractivity contribution in [3.05, 3.63) is 59.4 Å². The second-order valence-corrected chi connectivity index (χ2v) is 6.36. The van der Waals surface area contributed by atoms with E-state index in [9.17, 15) is 18.0 Å². The molecule has 148 valence electrons. The predicted octanol–water partition coefficient (Wildman–Crippen LogP) is 4.45. The van der Waals surface area contributed by atoms with Crippen LogP contribution in [0.15, 0.2) is 42.5 Å². The molecular weight excluding hydrogens is 385 g/mol. The minimum Gasteiger partial charge on any atom is -0.462 e. The van der Waals surface area contributed by atoms with Gasteiger partial charge in [0.15, 0.2) is 17.0 Å². The summed E-state index contributed by atoms with van der Waals surface area (Å²) in [7, 11) is 0. The molecule has 0 bridgehead atoms.